The maximum atomic E-state index is 10.5. The third kappa shape index (κ3) is 1.94. The predicted molar refractivity (Wildman–Crippen MR) is 60.5 cm³/mol. The number of pyridine rings is 1. The number of rotatable bonds is 2. The van der Waals surface area contributed by atoms with Gasteiger partial charge < -0.3 is 10.1 Å². The van der Waals surface area contributed by atoms with Gasteiger partial charge in [-0.15, -0.1) is 4.68 Å². The Morgan fingerprint density at radius 2 is 2.31 bits per heavy atom. The zero-order valence-corrected chi connectivity index (χ0v) is 9.88. The van der Waals surface area contributed by atoms with Gasteiger partial charge in [-0.2, -0.15) is 0 Å². The van der Waals surface area contributed by atoms with Crippen LogP contribution in [-0.2, 0) is 0 Å². The molecule has 0 aromatic carbocycles. The largest absolute Gasteiger partial charge is 0.390 e. The molecule has 0 bridgehead atoms. The van der Waals surface area contributed by atoms with Gasteiger partial charge in [0.15, 0.2) is 5.82 Å². The second-order valence-electron chi connectivity index (χ2n) is 3.17. The Morgan fingerprint density at radius 3 is 2.88 bits per heavy atom. The lowest BCUT2D eigenvalue weighted by Crippen LogP contribution is -2.01. The minimum atomic E-state index is -0.537. The molecule has 0 amide bonds. The third-order valence-corrected chi connectivity index (χ3v) is 2.43. The highest BCUT2D eigenvalue weighted by atomic mass is 79.9. The maximum absolute atomic E-state index is 10.5. The molecule has 2 heterocycles. The van der Waals surface area contributed by atoms with Crippen LogP contribution in [0.25, 0.3) is 5.82 Å². The van der Waals surface area contributed by atoms with E-state index < -0.39 is 4.92 Å². The fraction of sp³-hybridized carbons (Fsp3) is 0.111. The van der Waals surface area contributed by atoms with Crippen LogP contribution in [0.15, 0.2) is 29.0 Å². The Balaban J connectivity index is 2.46. The van der Waals surface area contributed by atoms with Crippen LogP contribution in [0.3, 0.4) is 0 Å². The molecule has 16 heavy (non-hydrogen) atoms. The molecule has 0 atom stereocenters. The summed E-state index contributed by atoms with van der Waals surface area (Å²) in [5, 5.41) is 14.3. The number of aryl methyl sites for hydroxylation is 1. The molecule has 0 fully saturated rings. The van der Waals surface area contributed by atoms with Gasteiger partial charge in [-0.05, 0) is 39.4 Å². The molecular formula is C9H7BrN4O2. The molecule has 0 aliphatic heterocycles. The van der Waals surface area contributed by atoms with E-state index in [2.05, 4.69) is 26.0 Å². The molecule has 7 heteroatoms. The average Bonchev–Trinajstić information content (AvgIpc) is 2.66. The summed E-state index contributed by atoms with van der Waals surface area (Å²) in [4.78, 5) is 14.1. The molecule has 0 aliphatic rings. The number of aromatic nitrogens is 3. The highest BCUT2D eigenvalue weighted by molar-refractivity contribution is 9.10. The minimum Gasteiger partial charge on any atom is -0.358 e. The van der Waals surface area contributed by atoms with Gasteiger partial charge in [0.2, 0.25) is 0 Å². The van der Waals surface area contributed by atoms with E-state index in [-0.39, 0.29) is 5.82 Å². The van der Waals surface area contributed by atoms with Crippen molar-refractivity contribution in [2.75, 3.05) is 0 Å². The molecule has 0 spiro atoms. The second-order valence-corrected chi connectivity index (χ2v) is 4.09. The second kappa shape index (κ2) is 4.01. The molecule has 2 aromatic heterocycles. The van der Waals surface area contributed by atoms with E-state index in [0.717, 1.165) is 10.0 Å². The Kier molecular flexibility index (Phi) is 2.69. The van der Waals surface area contributed by atoms with Crippen molar-refractivity contribution in [1.29, 1.82) is 0 Å². The summed E-state index contributed by atoms with van der Waals surface area (Å²) in [7, 11) is 0. The fourth-order valence-corrected chi connectivity index (χ4v) is 1.75. The summed E-state index contributed by atoms with van der Waals surface area (Å²) in [6, 6.07) is 3.21. The van der Waals surface area contributed by atoms with E-state index in [1.807, 2.05) is 13.0 Å². The number of hydrogen-bond acceptors (Lipinski definition) is 4. The normalized spacial score (nSPS) is 10.4. The lowest BCUT2D eigenvalue weighted by Gasteiger charge is -2.00. The van der Waals surface area contributed by atoms with Gasteiger partial charge in [0.1, 0.15) is 0 Å². The lowest BCUT2D eigenvalue weighted by molar-refractivity contribution is -0.389. The van der Waals surface area contributed by atoms with Gasteiger partial charge >= 0.3 is 5.82 Å². The maximum Gasteiger partial charge on any atom is 0.390 e. The smallest absolute Gasteiger partial charge is 0.358 e. The quantitative estimate of drug-likeness (QED) is 0.625. The van der Waals surface area contributed by atoms with Gasteiger partial charge in [0, 0.05) is 10.7 Å². The zero-order valence-electron chi connectivity index (χ0n) is 8.29. The van der Waals surface area contributed by atoms with Crippen LogP contribution in [0.4, 0.5) is 5.82 Å². The van der Waals surface area contributed by atoms with Crippen LogP contribution in [0, 0.1) is 17.0 Å². The van der Waals surface area contributed by atoms with E-state index in [0.29, 0.717) is 5.82 Å². The highest BCUT2D eigenvalue weighted by Gasteiger charge is 2.14. The Morgan fingerprint density at radius 1 is 1.56 bits per heavy atom. The van der Waals surface area contributed by atoms with Crippen molar-refractivity contribution in [3.05, 3.63) is 44.7 Å². The first-order chi connectivity index (χ1) is 7.58. The van der Waals surface area contributed by atoms with E-state index in [4.69, 9.17) is 0 Å². The van der Waals surface area contributed by atoms with Crippen LogP contribution in [-0.4, -0.2) is 19.7 Å². The molecule has 82 valence electrons. The van der Waals surface area contributed by atoms with Crippen LogP contribution < -0.4 is 0 Å². The van der Waals surface area contributed by atoms with Crippen molar-refractivity contribution in [3.63, 3.8) is 0 Å². The molecule has 0 unspecified atom stereocenters. The van der Waals surface area contributed by atoms with Gasteiger partial charge in [-0.1, -0.05) is 0 Å². The molecule has 6 nitrogen and oxygen atoms in total. The van der Waals surface area contributed by atoms with E-state index in [1.165, 1.54) is 16.9 Å². The SMILES string of the molecule is Cc1cc(Br)cnc1-n1ccc([N+](=O)[O-])n1. The Hall–Kier alpha value is -1.76. The molecule has 0 saturated carbocycles. The first-order valence-electron chi connectivity index (χ1n) is 4.40. The molecule has 0 saturated heterocycles. The van der Waals surface area contributed by atoms with Crippen molar-refractivity contribution < 1.29 is 4.92 Å². The summed E-state index contributed by atoms with van der Waals surface area (Å²) in [5.41, 5.74) is 0.882. The highest BCUT2D eigenvalue weighted by Crippen LogP contribution is 2.17. The Bertz CT molecular complexity index is 552. The van der Waals surface area contributed by atoms with E-state index in [1.54, 1.807) is 6.20 Å². The van der Waals surface area contributed by atoms with Crippen LogP contribution in [0.1, 0.15) is 5.56 Å². The summed E-state index contributed by atoms with van der Waals surface area (Å²) >= 11 is 3.30. The molecule has 2 rings (SSSR count). The van der Waals surface area contributed by atoms with Crippen molar-refractivity contribution in [2.24, 2.45) is 0 Å². The van der Waals surface area contributed by atoms with Gasteiger partial charge in [0.25, 0.3) is 0 Å². The van der Waals surface area contributed by atoms with E-state index in [9.17, 15) is 10.1 Å². The molecule has 0 radical (unpaired) electrons. The predicted octanol–water partition coefficient (Wildman–Crippen LogP) is 2.25. The lowest BCUT2D eigenvalue weighted by atomic mass is 10.3. The number of hydrogen-bond donors (Lipinski definition) is 0. The first kappa shape index (κ1) is 10.7. The molecule has 0 N–H and O–H groups in total. The molecule has 0 aliphatic carbocycles. The van der Waals surface area contributed by atoms with Crippen LogP contribution >= 0.6 is 15.9 Å². The summed E-state index contributed by atoms with van der Waals surface area (Å²) in [5.74, 6) is 0.389. The first-order valence-corrected chi connectivity index (χ1v) is 5.20. The molecule has 2 aromatic rings. The standard InChI is InChI=1S/C9H7BrN4O2/c1-6-4-7(10)5-11-9(6)13-3-2-8(12-13)14(15)16/h2-5H,1H3. The van der Waals surface area contributed by atoms with Crippen molar-refractivity contribution in [1.82, 2.24) is 14.8 Å². The topological polar surface area (TPSA) is 73.8 Å². The van der Waals surface area contributed by atoms with Crippen molar-refractivity contribution in [3.8, 4) is 5.82 Å². The van der Waals surface area contributed by atoms with Gasteiger partial charge in [0.05, 0.1) is 17.4 Å². The van der Waals surface area contributed by atoms with Crippen molar-refractivity contribution >= 4 is 21.7 Å². The van der Waals surface area contributed by atoms with Crippen LogP contribution in [0.5, 0.6) is 0 Å². The summed E-state index contributed by atoms with van der Waals surface area (Å²) in [6.45, 7) is 1.86. The van der Waals surface area contributed by atoms with Crippen LogP contribution in [0.2, 0.25) is 0 Å². The number of nitrogens with zero attached hydrogens (tertiary/aromatic N) is 4. The monoisotopic (exact) mass is 282 g/mol. The number of halogens is 1. The number of nitro groups is 1. The van der Waals surface area contributed by atoms with Gasteiger partial charge in [-0.3, -0.25) is 0 Å². The van der Waals surface area contributed by atoms with Gasteiger partial charge in [-0.25, -0.2) is 4.98 Å². The summed E-state index contributed by atoms with van der Waals surface area (Å²) in [6.07, 6.45) is 3.14. The summed E-state index contributed by atoms with van der Waals surface area (Å²) < 4.78 is 2.25. The van der Waals surface area contributed by atoms with Crippen molar-refractivity contribution in [2.45, 2.75) is 6.92 Å². The average molecular weight is 283 g/mol. The third-order valence-electron chi connectivity index (χ3n) is 2.00. The van der Waals surface area contributed by atoms with E-state index >= 15 is 0 Å². The molecular weight excluding hydrogens is 276 g/mol. The fourth-order valence-electron chi connectivity index (χ4n) is 1.30. The minimum absolute atomic E-state index is 0.191. The zero-order chi connectivity index (χ0) is 11.7. The Labute approximate surface area is 99.2 Å².